The molecule has 1 aliphatic heterocycles. The normalized spacial score (nSPS) is 27.4. The van der Waals surface area contributed by atoms with Crippen LogP contribution in [0, 0.1) is 11.8 Å². The third kappa shape index (κ3) is 3.11. The molecule has 4 rings (SSSR count). The second-order valence-electron chi connectivity index (χ2n) is 8.27. The maximum absolute atomic E-state index is 12.8. The smallest absolute Gasteiger partial charge is 0.343 e. The van der Waals surface area contributed by atoms with Crippen LogP contribution in [0.3, 0.4) is 0 Å². The highest BCUT2D eigenvalue weighted by Gasteiger charge is 2.47. The van der Waals surface area contributed by atoms with E-state index in [2.05, 4.69) is 20.8 Å². The summed E-state index contributed by atoms with van der Waals surface area (Å²) in [4.78, 5) is 12.8. The molecule has 0 N–H and O–H groups in total. The van der Waals surface area contributed by atoms with Crippen LogP contribution in [0.1, 0.15) is 62.8 Å². The third-order valence-electron chi connectivity index (χ3n) is 5.97. The van der Waals surface area contributed by atoms with Crippen molar-refractivity contribution in [2.24, 2.45) is 11.8 Å². The first-order valence-electron chi connectivity index (χ1n) is 9.55. The quantitative estimate of drug-likeness (QED) is 0.733. The number of hydrogen-bond donors (Lipinski definition) is 0. The van der Waals surface area contributed by atoms with Crippen LogP contribution in [-0.2, 0) is 0 Å². The van der Waals surface area contributed by atoms with Crippen molar-refractivity contribution in [2.45, 2.75) is 51.6 Å². The minimum absolute atomic E-state index is 0.169. The van der Waals surface area contributed by atoms with Crippen molar-refractivity contribution in [3.8, 4) is 5.75 Å². The lowest BCUT2D eigenvalue weighted by Crippen LogP contribution is -2.46. The topological polar surface area (TPSA) is 39.4 Å². The van der Waals surface area contributed by atoms with Crippen molar-refractivity contribution in [3.05, 3.63) is 63.7 Å². The summed E-state index contributed by atoms with van der Waals surface area (Å²) < 4.78 is 11.9. The Labute approximate surface area is 154 Å². The first kappa shape index (κ1) is 17.1. The van der Waals surface area contributed by atoms with Crippen molar-refractivity contribution in [1.29, 1.82) is 0 Å². The van der Waals surface area contributed by atoms with Crippen LogP contribution in [0.25, 0.3) is 12.2 Å². The zero-order valence-corrected chi connectivity index (χ0v) is 15.7. The first-order valence-corrected chi connectivity index (χ1v) is 9.55. The molecule has 0 spiro atoms. The molecular weight excluding hydrogens is 324 g/mol. The summed E-state index contributed by atoms with van der Waals surface area (Å²) >= 11 is 0. The first-order chi connectivity index (χ1) is 12.5. The number of ether oxygens (including phenoxy) is 1. The molecule has 1 aromatic heterocycles. The molecule has 3 nitrogen and oxygen atoms in total. The molecule has 1 aromatic carbocycles. The van der Waals surface area contributed by atoms with Gasteiger partial charge in [0.1, 0.15) is 17.1 Å². The highest BCUT2D eigenvalue weighted by Crippen LogP contribution is 2.52. The van der Waals surface area contributed by atoms with Gasteiger partial charge in [-0.3, -0.25) is 0 Å². The fourth-order valence-corrected chi connectivity index (χ4v) is 4.61. The van der Waals surface area contributed by atoms with Crippen LogP contribution in [0.2, 0.25) is 0 Å². The molecule has 136 valence electrons. The molecule has 0 amide bonds. The molecule has 0 radical (unpaired) electrons. The van der Waals surface area contributed by atoms with E-state index in [9.17, 15) is 4.79 Å². The molecule has 1 saturated carbocycles. The fraction of sp³-hybridized carbons (Fsp3) is 0.435. The Morgan fingerprint density at radius 3 is 2.69 bits per heavy atom. The van der Waals surface area contributed by atoms with Crippen LogP contribution < -0.4 is 10.4 Å². The molecule has 1 fully saturated rings. The van der Waals surface area contributed by atoms with Crippen LogP contribution >= 0.6 is 0 Å². The highest BCUT2D eigenvalue weighted by atomic mass is 16.5. The summed E-state index contributed by atoms with van der Waals surface area (Å²) in [6.45, 7) is 6.68. The van der Waals surface area contributed by atoms with Crippen molar-refractivity contribution in [2.75, 3.05) is 0 Å². The lowest BCUT2D eigenvalue weighted by molar-refractivity contribution is -0.00977. The Bertz CT molecular complexity index is 878. The van der Waals surface area contributed by atoms with E-state index in [1.54, 1.807) is 0 Å². The average molecular weight is 350 g/mol. The van der Waals surface area contributed by atoms with Gasteiger partial charge in [-0.25, -0.2) is 4.79 Å². The van der Waals surface area contributed by atoms with Crippen LogP contribution in [0.15, 0.2) is 45.6 Å². The largest absolute Gasteiger partial charge is 0.487 e. The van der Waals surface area contributed by atoms with E-state index in [1.165, 1.54) is 0 Å². The Kier molecular flexibility index (Phi) is 4.26. The number of fused-ring (bicyclic) bond motifs is 4. The van der Waals surface area contributed by atoms with Gasteiger partial charge in [-0.1, -0.05) is 50.3 Å². The molecule has 3 heteroatoms. The molecule has 3 atom stereocenters. The summed E-state index contributed by atoms with van der Waals surface area (Å²) in [6.07, 6.45) is 6.85. The molecule has 26 heavy (non-hydrogen) atoms. The van der Waals surface area contributed by atoms with E-state index in [0.717, 1.165) is 36.1 Å². The molecule has 2 aliphatic rings. The predicted molar refractivity (Wildman–Crippen MR) is 104 cm³/mol. The predicted octanol–water partition coefficient (Wildman–Crippen LogP) is 5.50. The summed E-state index contributed by atoms with van der Waals surface area (Å²) in [5.74, 6) is 2.56. The minimum atomic E-state index is -0.241. The Morgan fingerprint density at radius 1 is 1.19 bits per heavy atom. The van der Waals surface area contributed by atoms with Crippen molar-refractivity contribution < 1.29 is 9.15 Å². The minimum Gasteiger partial charge on any atom is -0.487 e. The van der Waals surface area contributed by atoms with Gasteiger partial charge in [-0.2, -0.15) is 0 Å². The fourth-order valence-electron chi connectivity index (χ4n) is 4.61. The van der Waals surface area contributed by atoms with Gasteiger partial charge in [-0.15, -0.1) is 0 Å². The average Bonchev–Trinajstić information content (AvgIpc) is 2.59. The van der Waals surface area contributed by atoms with E-state index >= 15 is 0 Å². The van der Waals surface area contributed by atoms with Crippen LogP contribution in [0.5, 0.6) is 5.75 Å². The standard InChI is InChI=1S/C23H26O3/c1-15(2)18-11-12-23(3)14-19(18)21-20(26-23)13-17(25-22(21)24)10-9-16-7-5-4-6-8-16/h4-10,13,15,18-19H,11-12,14H2,1-3H3/b10-9+/t18-,19+,23+/m1/s1. The molecule has 0 saturated heterocycles. The van der Waals surface area contributed by atoms with E-state index in [4.69, 9.17) is 9.15 Å². The summed E-state index contributed by atoms with van der Waals surface area (Å²) in [7, 11) is 0. The molecule has 1 aliphatic carbocycles. The number of rotatable bonds is 3. The van der Waals surface area contributed by atoms with Crippen molar-refractivity contribution in [1.82, 2.24) is 0 Å². The maximum Gasteiger partial charge on any atom is 0.343 e. The van der Waals surface area contributed by atoms with Gasteiger partial charge < -0.3 is 9.15 Å². The Morgan fingerprint density at radius 2 is 1.96 bits per heavy atom. The maximum atomic E-state index is 12.8. The molecule has 2 aromatic rings. The van der Waals surface area contributed by atoms with Gasteiger partial charge in [-0.05, 0) is 49.7 Å². The summed E-state index contributed by atoms with van der Waals surface area (Å²) in [6, 6.07) is 11.9. The zero-order chi connectivity index (χ0) is 18.3. The van der Waals surface area contributed by atoms with Gasteiger partial charge >= 0.3 is 5.63 Å². The Balaban J connectivity index is 1.73. The molecule has 2 bridgehead atoms. The second-order valence-corrected chi connectivity index (χ2v) is 8.27. The van der Waals surface area contributed by atoms with Crippen LogP contribution in [0.4, 0.5) is 0 Å². The molecule has 0 unspecified atom stereocenters. The molecular formula is C23H26O3. The third-order valence-corrected chi connectivity index (χ3v) is 5.97. The van der Waals surface area contributed by atoms with Gasteiger partial charge in [0.2, 0.25) is 0 Å². The van der Waals surface area contributed by atoms with Gasteiger partial charge in [0.25, 0.3) is 0 Å². The van der Waals surface area contributed by atoms with E-state index in [-0.39, 0.29) is 17.1 Å². The molecule has 2 heterocycles. The van der Waals surface area contributed by atoms with Crippen LogP contribution in [-0.4, -0.2) is 5.60 Å². The summed E-state index contributed by atoms with van der Waals surface area (Å²) in [5, 5.41) is 0. The zero-order valence-electron chi connectivity index (χ0n) is 15.7. The van der Waals surface area contributed by atoms with Gasteiger partial charge in [0, 0.05) is 12.0 Å². The van der Waals surface area contributed by atoms with E-state index < -0.39 is 0 Å². The Hall–Kier alpha value is -2.29. The summed E-state index contributed by atoms with van der Waals surface area (Å²) in [5.41, 5.74) is 1.40. The second kappa shape index (κ2) is 6.46. The number of hydrogen-bond acceptors (Lipinski definition) is 3. The highest BCUT2D eigenvalue weighted by molar-refractivity contribution is 5.67. The van der Waals surface area contributed by atoms with Gasteiger partial charge in [0.15, 0.2) is 0 Å². The lowest BCUT2D eigenvalue weighted by Gasteiger charge is -2.48. The van der Waals surface area contributed by atoms with E-state index in [0.29, 0.717) is 17.6 Å². The van der Waals surface area contributed by atoms with Crippen molar-refractivity contribution >= 4 is 12.2 Å². The monoisotopic (exact) mass is 350 g/mol. The van der Waals surface area contributed by atoms with E-state index in [1.807, 2.05) is 48.6 Å². The lowest BCUT2D eigenvalue weighted by atomic mass is 9.64. The van der Waals surface area contributed by atoms with Gasteiger partial charge in [0.05, 0.1) is 5.56 Å². The number of benzene rings is 1. The SMILES string of the molecule is CC(C)[C@H]1CC[C@@]2(C)C[C@@H]1c1c(cc(/C=C/c3ccccc3)oc1=O)O2. The van der Waals surface area contributed by atoms with Crippen molar-refractivity contribution in [3.63, 3.8) is 0 Å².